The maximum Gasteiger partial charge on any atom is 0.312 e. The van der Waals surface area contributed by atoms with Crippen molar-refractivity contribution in [2.24, 2.45) is 17.8 Å². The number of nitrogens with one attached hydrogen (secondary N) is 2. The molecule has 10 nitrogen and oxygen atoms in total. The molecule has 2 N–H and O–H groups in total. The van der Waals surface area contributed by atoms with Gasteiger partial charge in [-0.1, -0.05) is 44.7 Å². The molecule has 1 saturated heterocycles. The lowest BCUT2D eigenvalue weighted by Gasteiger charge is -2.34. The lowest BCUT2D eigenvalue weighted by Crippen LogP contribution is -2.54. The number of hydrogen-bond acceptors (Lipinski definition) is 7. The van der Waals surface area contributed by atoms with E-state index in [0.29, 0.717) is 19.4 Å². The number of esters is 1. The zero-order valence-electron chi connectivity index (χ0n) is 27.5. The zero-order valence-corrected chi connectivity index (χ0v) is 27.5. The van der Waals surface area contributed by atoms with Crippen molar-refractivity contribution < 1.29 is 28.7 Å². The van der Waals surface area contributed by atoms with Crippen molar-refractivity contribution in [3.63, 3.8) is 0 Å². The number of aromatic nitrogens is 1. The first-order valence-corrected chi connectivity index (χ1v) is 15.7. The fraction of sp³-hybridized carbons (Fsp3) is 0.514. The second-order valence-electron chi connectivity index (χ2n) is 12.1. The van der Waals surface area contributed by atoms with E-state index in [1.54, 1.807) is 57.0 Å². The molecule has 0 saturated carbocycles. The molecule has 1 aliphatic rings. The summed E-state index contributed by atoms with van der Waals surface area (Å²) in [5.74, 6) is -2.83. The number of amides is 3. The van der Waals surface area contributed by atoms with Gasteiger partial charge in [0.05, 0.1) is 29.7 Å². The molecule has 1 aromatic carbocycles. The Morgan fingerprint density at radius 3 is 2.44 bits per heavy atom. The molecule has 0 bridgehead atoms. The van der Waals surface area contributed by atoms with Gasteiger partial charge in [-0.05, 0) is 75.6 Å². The van der Waals surface area contributed by atoms with Crippen LogP contribution in [0.4, 0.5) is 0 Å². The van der Waals surface area contributed by atoms with E-state index in [1.165, 1.54) is 7.11 Å². The van der Waals surface area contributed by atoms with Crippen molar-refractivity contribution in [1.82, 2.24) is 20.5 Å². The molecule has 0 radical (unpaired) electrons. The minimum Gasteiger partial charge on any atom is -0.452 e. The molecule has 1 aromatic heterocycles. The average Bonchev–Trinajstić information content (AvgIpc) is 3.04. The summed E-state index contributed by atoms with van der Waals surface area (Å²) < 4.78 is 11.0. The number of fused-ring (bicyclic) bond motifs is 1. The molecule has 0 unspecified atom stereocenters. The SMILES string of the molecule is C=Cc1cc2cc([C@@H](C)NC(=O)[C@@H]3CCCN(C(=O)[C@H](C)NC(=O)[C@@H](OC(=O)[C@H](C)[C@@H](/C=C/C)OC)C(C)C)C3)ccc2cn1. The normalized spacial score (nSPS) is 18.6. The molecule has 3 amide bonds. The van der Waals surface area contributed by atoms with E-state index in [2.05, 4.69) is 22.2 Å². The Morgan fingerprint density at radius 1 is 1.07 bits per heavy atom. The van der Waals surface area contributed by atoms with Gasteiger partial charge in [-0.2, -0.15) is 0 Å². The molecule has 244 valence electrons. The largest absolute Gasteiger partial charge is 0.452 e. The number of ether oxygens (including phenoxy) is 2. The van der Waals surface area contributed by atoms with Gasteiger partial charge in [-0.3, -0.25) is 24.2 Å². The molecule has 2 heterocycles. The van der Waals surface area contributed by atoms with Crippen molar-refractivity contribution in [1.29, 1.82) is 0 Å². The van der Waals surface area contributed by atoms with Gasteiger partial charge in [0, 0.05) is 31.8 Å². The Morgan fingerprint density at radius 2 is 1.80 bits per heavy atom. The number of rotatable bonds is 13. The Bertz CT molecular complexity index is 1410. The van der Waals surface area contributed by atoms with Crippen molar-refractivity contribution in [3.8, 4) is 0 Å². The van der Waals surface area contributed by atoms with Gasteiger partial charge in [0.25, 0.3) is 5.91 Å². The van der Waals surface area contributed by atoms with Crippen molar-refractivity contribution >= 4 is 40.5 Å². The van der Waals surface area contributed by atoms with Gasteiger partial charge in [0.2, 0.25) is 11.8 Å². The molecule has 1 aliphatic heterocycles. The first kappa shape index (κ1) is 35.4. The van der Waals surface area contributed by atoms with Crippen LogP contribution in [0, 0.1) is 17.8 Å². The van der Waals surface area contributed by atoms with E-state index < -0.39 is 36.0 Å². The fourth-order valence-electron chi connectivity index (χ4n) is 5.49. The van der Waals surface area contributed by atoms with Gasteiger partial charge in [-0.25, -0.2) is 0 Å². The van der Waals surface area contributed by atoms with E-state index in [-0.39, 0.29) is 36.2 Å². The Hall–Kier alpha value is -4.05. The average molecular weight is 621 g/mol. The molecular formula is C35H48N4O6. The van der Waals surface area contributed by atoms with Crippen LogP contribution in [0.2, 0.25) is 0 Å². The summed E-state index contributed by atoms with van der Waals surface area (Å²) in [6.07, 6.45) is 6.81. The predicted molar refractivity (Wildman–Crippen MR) is 175 cm³/mol. The molecule has 3 rings (SSSR count). The van der Waals surface area contributed by atoms with Crippen molar-refractivity contribution in [2.75, 3.05) is 20.2 Å². The number of carbonyl (C=O) groups is 4. The number of carbonyl (C=O) groups excluding carboxylic acids is 4. The Balaban J connectivity index is 1.59. The van der Waals surface area contributed by atoms with E-state index in [0.717, 1.165) is 22.0 Å². The topological polar surface area (TPSA) is 127 Å². The first-order chi connectivity index (χ1) is 21.4. The highest BCUT2D eigenvalue weighted by Crippen LogP contribution is 2.23. The number of methoxy groups -OCH3 is 1. The minimum atomic E-state index is -1.07. The molecular weight excluding hydrogens is 572 g/mol. The van der Waals surface area contributed by atoms with E-state index in [1.807, 2.05) is 38.1 Å². The second-order valence-corrected chi connectivity index (χ2v) is 12.1. The monoisotopic (exact) mass is 620 g/mol. The van der Waals surface area contributed by atoms with Crippen LogP contribution in [-0.4, -0.2) is 72.0 Å². The number of pyridine rings is 1. The molecule has 0 aliphatic carbocycles. The number of allylic oxidation sites excluding steroid dienone is 1. The summed E-state index contributed by atoms with van der Waals surface area (Å²) in [4.78, 5) is 58.6. The highest BCUT2D eigenvalue weighted by Gasteiger charge is 2.35. The molecule has 45 heavy (non-hydrogen) atoms. The number of nitrogens with zero attached hydrogens (tertiary/aromatic N) is 2. The number of hydrogen-bond donors (Lipinski definition) is 2. The lowest BCUT2D eigenvalue weighted by atomic mass is 9.95. The Kier molecular flexibility index (Phi) is 12.8. The fourth-order valence-corrected chi connectivity index (χ4v) is 5.49. The molecule has 6 atom stereocenters. The van der Waals surface area contributed by atoms with Gasteiger partial charge in [0.15, 0.2) is 6.10 Å². The highest BCUT2D eigenvalue weighted by atomic mass is 16.6. The Labute approximate surface area is 266 Å². The highest BCUT2D eigenvalue weighted by molar-refractivity contribution is 5.91. The number of likely N-dealkylation sites (tertiary alicyclic amines) is 1. The van der Waals surface area contributed by atoms with Gasteiger partial charge >= 0.3 is 5.97 Å². The number of piperidine rings is 1. The molecule has 2 aromatic rings. The third-order valence-electron chi connectivity index (χ3n) is 8.29. The molecule has 0 spiro atoms. The van der Waals surface area contributed by atoms with Crippen LogP contribution < -0.4 is 10.6 Å². The summed E-state index contributed by atoms with van der Waals surface area (Å²) in [6, 6.07) is 6.86. The van der Waals surface area contributed by atoms with Gasteiger partial charge in [-0.15, -0.1) is 0 Å². The summed E-state index contributed by atoms with van der Waals surface area (Å²) in [5, 5.41) is 7.85. The minimum absolute atomic E-state index is 0.119. The van der Waals surface area contributed by atoms with E-state index in [9.17, 15) is 19.2 Å². The third kappa shape index (κ3) is 9.23. The standard InChI is InChI=1S/C35H48N4O6/c1-9-12-30(44-8)22(5)35(43)45-31(21(3)4)33(41)38-24(7)34(42)39-16-11-13-27(20-39)32(40)37-23(6)25-14-15-26-19-36-29(10-2)18-28(26)17-25/h9-10,12,14-15,17-19,21-24,27,30-31H,2,11,13,16,20H2,1,3-8H3,(H,37,40)(H,38,41)/b12-9+/t22-,23-,24+,27-,30-,31+/m1/s1. The van der Waals surface area contributed by atoms with Crippen LogP contribution >= 0.6 is 0 Å². The van der Waals surface area contributed by atoms with Gasteiger partial charge in [0.1, 0.15) is 6.04 Å². The second kappa shape index (κ2) is 16.3. The van der Waals surface area contributed by atoms with Crippen LogP contribution in [0.15, 0.2) is 49.2 Å². The third-order valence-corrected chi connectivity index (χ3v) is 8.29. The van der Waals surface area contributed by atoms with Crippen LogP contribution in [-0.2, 0) is 28.7 Å². The lowest BCUT2D eigenvalue weighted by molar-refractivity contribution is -0.165. The summed E-state index contributed by atoms with van der Waals surface area (Å²) >= 11 is 0. The smallest absolute Gasteiger partial charge is 0.312 e. The predicted octanol–water partition coefficient (Wildman–Crippen LogP) is 4.59. The van der Waals surface area contributed by atoms with Gasteiger partial charge < -0.3 is 25.0 Å². The van der Waals surface area contributed by atoms with E-state index >= 15 is 0 Å². The maximum absolute atomic E-state index is 13.4. The molecule has 1 fully saturated rings. The summed E-state index contributed by atoms with van der Waals surface area (Å²) in [6.45, 7) is 15.1. The zero-order chi connectivity index (χ0) is 33.3. The maximum atomic E-state index is 13.4. The van der Waals surface area contributed by atoms with Crippen LogP contribution in [0.3, 0.4) is 0 Å². The van der Waals surface area contributed by atoms with Crippen molar-refractivity contribution in [3.05, 3.63) is 60.5 Å². The molecule has 10 heteroatoms. The van der Waals surface area contributed by atoms with Crippen LogP contribution in [0.25, 0.3) is 16.8 Å². The summed E-state index contributed by atoms with van der Waals surface area (Å²) in [7, 11) is 1.51. The number of benzene rings is 1. The van der Waals surface area contributed by atoms with Crippen LogP contribution in [0.1, 0.15) is 71.7 Å². The van der Waals surface area contributed by atoms with Crippen molar-refractivity contribution in [2.45, 2.75) is 78.7 Å². The van der Waals surface area contributed by atoms with E-state index in [4.69, 9.17) is 9.47 Å². The summed E-state index contributed by atoms with van der Waals surface area (Å²) in [5.41, 5.74) is 1.75. The quantitative estimate of drug-likeness (QED) is 0.248. The van der Waals surface area contributed by atoms with Crippen LogP contribution in [0.5, 0.6) is 0 Å². The first-order valence-electron chi connectivity index (χ1n) is 15.7.